The molecule has 1 unspecified atom stereocenters. The van der Waals surface area contributed by atoms with Crippen molar-refractivity contribution < 1.29 is 4.79 Å². The first-order valence-corrected chi connectivity index (χ1v) is 8.91. The molecule has 0 radical (unpaired) electrons. The summed E-state index contributed by atoms with van der Waals surface area (Å²) in [5.41, 5.74) is 3.03. The Hall–Kier alpha value is -3.39. The van der Waals surface area contributed by atoms with Gasteiger partial charge in [-0.25, -0.2) is 0 Å². The van der Waals surface area contributed by atoms with E-state index in [4.69, 9.17) is 5.26 Å². The molecule has 0 saturated heterocycles. The lowest BCUT2D eigenvalue weighted by Gasteiger charge is -2.23. The van der Waals surface area contributed by atoms with Gasteiger partial charge < -0.3 is 9.47 Å². The van der Waals surface area contributed by atoms with E-state index in [1.54, 1.807) is 30.4 Å². The Morgan fingerprint density at radius 2 is 2.15 bits per heavy atom. The number of benzene rings is 1. The SMILES string of the molecule is CC(c1cccnc1)N(C)C(=O)C=Cc1cn(CCC#N)c2ccccc12. The first kappa shape index (κ1) is 18.4. The van der Waals surface area contributed by atoms with Crippen LogP contribution in [0, 0.1) is 11.3 Å². The van der Waals surface area contributed by atoms with E-state index in [9.17, 15) is 4.79 Å². The van der Waals surface area contributed by atoms with Crippen LogP contribution in [-0.4, -0.2) is 27.4 Å². The Morgan fingerprint density at radius 1 is 1.33 bits per heavy atom. The van der Waals surface area contributed by atoms with Gasteiger partial charge in [0.05, 0.1) is 18.5 Å². The minimum Gasteiger partial charge on any atom is -0.346 e. The van der Waals surface area contributed by atoms with Gasteiger partial charge in [0.25, 0.3) is 0 Å². The molecule has 0 aliphatic carbocycles. The highest BCUT2D eigenvalue weighted by Crippen LogP contribution is 2.23. The van der Waals surface area contributed by atoms with Crippen LogP contribution in [0.3, 0.4) is 0 Å². The molecule has 0 aliphatic rings. The normalized spacial score (nSPS) is 12.2. The number of hydrogen-bond acceptors (Lipinski definition) is 3. The summed E-state index contributed by atoms with van der Waals surface area (Å²) in [4.78, 5) is 18.4. The molecule has 0 fully saturated rings. The fraction of sp³-hybridized carbons (Fsp3) is 0.227. The van der Waals surface area contributed by atoms with Crippen LogP contribution < -0.4 is 0 Å². The van der Waals surface area contributed by atoms with Gasteiger partial charge >= 0.3 is 0 Å². The number of para-hydroxylation sites is 1. The van der Waals surface area contributed by atoms with Gasteiger partial charge in [-0.1, -0.05) is 24.3 Å². The Bertz CT molecular complexity index is 998. The van der Waals surface area contributed by atoms with Gasteiger partial charge in [0.15, 0.2) is 0 Å². The minimum atomic E-state index is -0.0693. The van der Waals surface area contributed by atoms with Crippen molar-refractivity contribution >= 4 is 22.9 Å². The lowest BCUT2D eigenvalue weighted by Crippen LogP contribution is -2.28. The summed E-state index contributed by atoms with van der Waals surface area (Å²) in [5.74, 6) is -0.0693. The second-order valence-corrected chi connectivity index (χ2v) is 6.45. The fourth-order valence-electron chi connectivity index (χ4n) is 3.08. The molecule has 0 saturated carbocycles. The van der Waals surface area contributed by atoms with Crippen molar-refractivity contribution in [2.45, 2.75) is 25.9 Å². The van der Waals surface area contributed by atoms with E-state index >= 15 is 0 Å². The van der Waals surface area contributed by atoms with Crippen LogP contribution in [0.1, 0.15) is 30.5 Å². The van der Waals surface area contributed by atoms with Gasteiger partial charge in [-0.2, -0.15) is 5.26 Å². The molecular weight excluding hydrogens is 336 g/mol. The molecule has 0 spiro atoms. The molecule has 1 atom stereocenters. The van der Waals surface area contributed by atoms with Crippen LogP contribution in [0.4, 0.5) is 0 Å². The average molecular weight is 358 g/mol. The number of aryl methyl sites for hydroxylation is 1. The monoisotopic (exact) mass is 358 g/mol. The molecule has 0 bridgehead atoms. The number of pyridine rings is 1. The Balaban J connectivity index is 1.81. The maximum absolute atomic E-state index is 12.6. The number of hydrogen-bond donors (Lipinski definition) is 0. The molecule has 2 aromatic heterocycles. The second-order valence-electron chi connectivity index (χ2n) is 6.45. The summed E-state index contributed by atoms with van der Waals surface area (Å²) in [6.45, 7) is 2.62. The van der Waals surface area contributed by atoms with Crippen molar-refractivity contribution in [2.24, 2.45) is 0 Å². The van der Waals surface area contributed by atoms with Crippen LogP contribution >= 0.6 is 0 Å². The highest BCUT2D eigenvalue weighted by atomic mass is 16.2. The number of nitriles is 1. The average Bonchev–Trinajstić information content (AvgIpc) is 3.07. The standard InChI is InChI=1S/C22H22N4O/c1-17(18-7-5-13-24-15-18)25(2)22(27)11-10-19-16-26(14-6-12-23)21-9-4-3-8-20(19)21/h3-5,7-11,13,15-17H,6,14H2,1-2H3. The van der Waals surface area contributed by atoms with Gasteiger partial charge in [-0.3, -0.25) is 9.78 Å². The Kier molecular flexibility index (Phi) is 5.68. The van der Waals surface area contributed by atoms with Gasteiger partial charge in [-0.05, 0) is 30.7 Å². The van der Waals surface area contributed by atoms with Crippen molar-refractivity contribution in [3.05, 3.63) is 72.2 Å². The molecular formula is C22H22N4O. The molecule has 0 aliphatic heterocycles. The van der Waals surface area contributed by atoms with E-state index < -0.39 is 0 Å². The molecule has 2 heterocycles. The fourth-order valence-corrected chi connectivity index (χ4v) is 3.08. The van der Waals surface area contributed by atoms with Crippen molar-refractivity contribution in [1.82, 2.24) is 14.5 Å². The topological polar surface area (TPSA) is 61.9 Å². The lowest BCUT2D eigenvalue weighted by atomic mass is 10.1. The maximum atomic E-state index is 12.6. The first-order valence-electron chi connectivity index (χ1n) is 8.91. The van der Waals surface area contributed by atoms with Crippen LogP contribution in [0.5, 0.6) is 0 Å². The number of carbonyl (C=O) groups excluding carboxylic acids is 1. The highest BCUT2D eigenvalue weighted by Gasteiger charge is 2.15. The molecule has 3 aromatic rings. The molecule has 3 rings (SSSR count). The smallest absolute Gasteiger partial charge is 0.246 e. The van der Waals surface area contributed by atoms with Crippen molar-refractivity contribution in [3.63, 3.8) is 0 Å². The van der Waals surface area contributed by atoms with Crippen molar-refractivity contribution in [3.8, 4) is 6.07 Å². The van der Waals surface area contributed by atoms with Crippen LogP contribution in [0.15, 0.2) is 61.1 Å². The number of aromatic nitrogens is 2. The van der Waals surface area contributed by atoms with Crippen LogP contribution in [0.2, 0.25) is 0 Å². The van der Waals surface area contributed by atoms with E-state index in [0.29, 0.717) is 13.0 Å². The number of fused-ring (bicyclic) bond motifs is 1. The summed E-state index contributed by atoms with van der Waals surface area (Å²) in [6, 6.07) is 14.0. The summed E-state index contributed by atoms with van der Waals surface area (Å²) >= 11 is 0. The van der Waals surface area contributed by atoms with Gasteiger partial charge in [-0.15, -0.1) is 0 Å². The van der Waals surface area contributed by atoms with Crippen LogP contribution in [-0.2, 0) is 11.3 Å². The molecule has 1 aromatic carbocycles. The van der Waals surface area contributed by atoms with E-state index in [1.165, 1.54) is 0 Å². The number of rotatable bonds is 6. The molecule has 136 valence electrons. The van der Waals surface area contributed by atoms with Gasteiger partial charge in [0.1, 0.15) is 0 Å². The molecule has 5 heteroatoms. The molecule has 5 nitrogen and oxygen atoms in total. The highest BCUT2D eigenvalue weighted by molar-refractivity contribution is 5.96. The lowest BCUT2D eigenvalue weighted by molar-refractivity contribution is -0.126. The zero-order valence-corrected chi connectivity index (χ0v) is 15.5. The van der Waals surface area contributed by atoms with Crippen molar-refractivity contribution in [1.29, 1.82) is 5.26 Å². The Morgan fingerprint density at radius 3 is 2.89 bits per heavy atom. The van der Waals surface area contributed by atoms with Crippen LogP contribution in [0.25, 0.3) is 17.0 Å². The van der Waals surface area contributed by atoms with E-state index in [2.05, 4.69) is 15.6 Å². The minimum absolute atomic E-state index is 0.0622. The third kappa shape index (κ3) is 4.06. The van der Waals surface area contributed by atoms with E-state index in [0.717, 1.165) is 22.0 Å². The number of likely N-dealkylation sites (N-methyl/N-ethyl adjacent to an activating group) is 1. The van der Waals surface area contributed by atoms with E-state index in [-0.39, 0.29) is 11.9 Å². The summed E-state index contributed by atoms with van der Waals surface area (Å²) in [6.07, 6.45) is 9.40. The van der Waals surface area contributed by atoms with Crippen molar-refractivity contribution in [2.75, 3.05) is 7.05 Å². The summed E-state index contributed by atoms with van der Waals surface area (Å²) in [7, 11) is 1.79. The largest absolute Gasteiger partial charge is 0.346 e. The number of carbonyl (C=O) groups is 1. The zero-order valence-electron chi connectivity index (χ0n) is 15.5. The van der Waals surface area contributed by atoms with Gasteiger partial charge in [0, 0.05) is 54.7 Å². The second kappa shape index (κ2) is 8.33. The molecule has 0 N–H and O–H groups in total. The zero-order chi connectivity index (χ0) is 19.2. The molecule has 27 heavy (non-hydrogen) atoms. The predicted octanol–water partition coefficient (Wildman–Crippen LogP) is 4.18. The quantitative estimate of drug-likeness (QED) is 0.621. The predicted molar refractivity (Wildman–Crippen MR) is 107 cm³/mol. The number of amides is 1. The first-order chi connectivity index (χ1) is 13.1. The van der Waals surface area contributed by atoms with E-state index in [1.807, 2.05) is 55.6 Å². The molecule has 1 amide bonds. The Labute approximate surface area is 159 Å². The maximum Gasteiger partial charge on any atom is 0.246 e. The summed E-state index contributed by atoms with van der Waals surface area (Å²) < 4.78 is 2.06. The third-order valence-corrected chi connectivity index (χ3v) is 4.78. The van der Waals surface area contributed by atoms with Gasteiger partial charge in [0.2, 0.25) is 5.91 Å². The number of nitrogens with zero attached hydrogens (tertiary/aromatic N) is 4. The third-order valence-electron chi connectivity index (χ3n) is 4.78. The summed E-state index contributed by atoms with van der Waals surface area (Å²) in [5, 5.41) is 9.93.